The molecule has 0 aliphatic carbocycles. The number of phenols is 1. The van der Waals surface area contributed by atoms with Crippen molar-refractivity contribution in [2.75, 3.05) is 0 Å². The Balaban J connectivity index is 2.40. The summed E-state index contributed by atoms with van der Waals surface area (Å²) >= 11 is 0. The minimum Gasteiger partial charge on any atom is -0.508 e. The lowest BCUT2D eigenvalue weighted by Crippen LogP contribution is -1.90. The first kappa shape index (κ1) is 14.1. The molecule has 0 amide bonds. The third-order valence-electron chi connectivity index (χ3n) is 3.23. The van der Waals surface area contributed by atoms with Crippen molar-refractivity contribution in [1.29, 1.82) is 0 Å². The lowest BCUT2D eigenvalue weighted by molar-refractivity contribution is 0.467. The molecule has 0 aliphatic rings. The SMILES string of the molecule is CCCCCCCc1ccc(O)c(CCC)c1. The van der Waals surface area contributed by atoms with Crippen LogP contribution in [0.3, 0.4) is 0 Å². The van der Waals surface area contributed by atoms with E-state index >= 15 is 0 Å². The van der Waals surface area contributed by atoms with Crippen LogP contribution in [0.4, 0.5) is 0 Å². The maximum absolute atomic E-state index is 9.71. The van der Waals surface area contributed by atoms with Crippen LogP contribution < -0.4 is 0 Å². The first-order valence-electron chi connectivity index (χ1n) is 7.08. The van der Waals surface area contributed by atoms with Crippen molar-refractivity contribution in [2.24, 2.45) is 0 Å². The van der Waals surface area contributed by atoms with E-state index in [0.717, 1.165) is 24.8 Å². The summed E-state index contributed by atoms with van der Waals surface area (Å²) < 4.78 is 0. The molecular weight excluding hydrogens is 208 g/mol. The number of unbranched alkanes of at least 4 members (excludes halogenated alkanes) is 4. The monoisotopic (exact) mass is 234 g/mol. The molecule has 0 saturated heterocycles. The van der Waals surface area contributed by atoms with Crippen LogP contribution >= 0.6 is 0 Å². The van der Waals surface area contributed by atoms with Gasteiger partial charge in [-0.05, 0) is 36.5 Å². The number of benzene rings is 1. The molecule has 1 rings (SSSR count). The fraction of sp³-hybridized carbons (Fsp3) is 0.625. The Kier molecular flexibility index (Phi) is 6.76. The van der Waals surface area contributed by atoms with Crippen molar-refractivity contribution in [1.82, 2.24) is 0 Å². The smallest absolute Gasteiger partial charge is 0.118 e. The highest BCUT2D eigenvalue weighted by molar-refractivity contribution is 5.36. The molecule has 1 aromatic rings. The predicted molar refractivity (Wildman–Crippen MR) is 74.6 cm³/mol. The van der Waals surface area contributed by atoms with E-state index in [4.69, 9.17) is 0 Å². The van der Waals surface area contributed by atoms with E-state index in [-0.39, 0.29) is 0 Å². The number of hydrogen-bond donors (Lipinski definition) is 1. The maximum Gasteiger partial charge on any atom is 0.118 e. The van der Waals surface area contributed by atoms with Crippen molar-refractivity contribution in [2.45, 2.75) is 65.2 Å². The molecule has 0 radical (unpaired) electrons. The number of aromatic hydroxyl groups is 1. The van der Waals surface area contributed by atoms with E-state index in [1.54, 1.807) is 0 Å². The normalized spacial score (nSPS) is 10.7. The molecule has 0 bridgehead atoms. The van der Waals surface area contributed by atoms with Crippen LogP contribution in [-0.4, -0.2) is 5.11 Å². The first-order chi connectivity index (χ1) is 8.27. The van der Waals surface area contributed by atoms with Gasteiger partial charge in [0, 0.05) is 0 Å². The zero-order valence-corrected chi connectivity index (χ0v) is 11.3. The number of hydrogen-bond acceptors (Lipinski definition) is 1. The van der Waals surface area contributed by atoms with Gasteiger partial charge >= 0.3 is 0 Å². The summed E-state index contributed by atoms with van der Waals surface area (Å²) in [6, 6.07) is 6.10. The highest BCUT2D eigenvalue weighted by Crippen LogP contribution is 2.21. The molecule has 0 aromatic heterocycles. The van der Waals surface area contributed by atoms with Crippen LogP contribution in [0.15, 0.2) is 18.2 Å². The van der Waals surface area contributed by atoms with Gasteiger partial charge in [-0.1, -0.05) is 58.1 Å². The van der Waals surface area contributed by atoms with Crippen molar-refractivity contribution >= 4 is 0 Å². The van der Waals surface area contributed by atoms with Crippen molar-refractivity contribution in [3.05, 3.63) is 29.3 Å². The molecule has 1 heteroatoms. The lowest BCUT2D eigenvalue weighted by Gasteiger charge is -2.07. The standard InChI is InChI=1S/C16H26O/c1-3-5-6-7-8-10-14-11-12-16(17)15(13-14)9-4-2/h11-13,17H,3-10H2,1-2H3. The average molecular weight is 234 g/mol. The average Bonchev–Trinajstić information content (AvgIpc) is 2.33. The van der Waals surface area contributed by atoms with Crippen LogP contribution in [0.5, 0.6) is 5.75 Å². The summed E-state index contributed by atoms with van der Waals surface area (Å²) in [6.07, 6.45) is 9.85. The molecule has 0 fully saturated rings. The number of phenolic OH excluding ortho intramolecular Hbond substituents is 1. The zero-order chi connectivity index (χ0) is 12.5. The molecule has 0 heterocycles. The minimum atomic E-state index is 0.460. The lowest BCUT2D eigenvalue weighted by atomic mass is 10.0. The predicted octanol–water partition coefficient (Wildman–Crippen LogP) is 4.86. The molecule has 1 nitrogen and oxygen atoms in total. The molecule has 1 N–H and O–H groups in total. The summed E-state index contributed by atoms with van der Waals surface area (Å²) in [6.45, 7) is 4.40. The van der Waals surface area contributed by atoms with E-state index in [9.17, 15) is 5.11 Å². The van der Waals surface area contributed by atoms with E-state index in [1.165, 1.54) is 37.7 Å². The maximum atomic E-state index is 9.71. The quantitative estimate of drug-likeness (QED) is 0.637. The Morgan fingerprint density at radius 3 is 2.35 bits per heavy atom. The summed E-state index contributed by atoms with van der Waals surface area (Å²) in [4.78, 5) is 0. The molecule has 17 heavy (non-hydrogen) atoms. The second-order valence-corrected chi connectivity index (χ2v) is 4.88. The molecule has 1 aromatic carbocycles. The molecule has 0 aliphatic heterocycles. The van der Waals surface area contributed by atoms with Gasteiger partial charge in [0.1, 0.15) is 5.75 Å². The fourth-order valence-corrected chi connectivity index (χ4v) is 2.20. The third-order valence-corrected chi connectivity index (χ3v) is 3.23. The van der Waals surface area contributed by atoms with Crippen LogP contribution in [0.1, 0.15) is 63.5 Å². The van der Waals surface area contributed by atoms with Gasteiger partial charge in [-0.15, -0.1) is 0 Å². The number of rotatable bonds is 8. The Morgan fingerprint density at radius 1 is 0.882 bits per heavy atom. The summed E-state index contributed by atoms with van der Waals surface area (Å²) in [5.41, 5.74) is 2.49. The van der Waals surface area contributed by atoms with E-state index < -0.39 is 0 Å². The molecule has 0 spiro atoms. The molecule has 96 valence electrons. The largest absolute Gasteiger partial charge is 0.508 e. The highest BCUT2D eigenvalue weighted by atomic mass is 16.3. The van der Waals surface area contributed by atoms with Crippen molar-refractivity contribution in [3.63, 3.8) is 0 Å². The van der Waals surface area contributed by atoms with Gasteiger partial charge in [0.2, 0.25) is 0 Å². The van der Waals surface area contributed by atoms with Crippen molar-refractivity contribution in [3.8, 4) is 5.75 Å². The van der Waals surface area contributed by atoms with Gasteiger partial charge < -0.3 is 5.11 Å². The van der Waals surface area contributed by atoms with Gasteiger partial charge in [0.05, 0.1) is 0 Å². The fourth-order valence-electron chi connectivity index (χ4n) is 2.20. The Hall–Kier alpha value is -0.980. The molecular formula is C16H26O. The highest BCUT2D eigenvalue weighted by Gasteiger charge is 2.02. The van der Waals surface area contributed by atoms with Gasteiger partial charge in [0.15, 0.2) is 0 Å². The van der Waals surface area contributed by atoms with Crippen molar-refractivity contribution < 1.29 is 5.11 Å². The van der Waals surface area contributed by atoms with Gasteiger partial charge in [-0.25, -0.2) is 0 Å². The minimum absolute atomic E-state index is 0.460. The first-order valence-corrected chi connectivity index (χ1v) is 7.08. The second-order valence-electron chi connectivity index (χ2n) is 4.88. The van der Waals surface area contributed by atoms with E-state index in [1.807, 2.05) is 6.07 Å². The summed E-state index contributed by atoms with van der Waals surface area (Å²) in [5.74, 6) is 0.460. The molecule has 0 atom stereocenters. The molecule has 0 unspecified atom stereocenters. The van der Waals surface area contributed by atoms with Gasteiger partial charge in [0.25, 0.3) is 0 Å². The summed E-state index contributed by atoms with van der Waals surface area (Å²) in [5, 5.41) is 9.71. The van der Waals surface area contributed by atoms with Gasteiger partial charge in [-0.2, -0.15) is 0 Å². The topological polar surface area (TPSA) is 20.2 Å². The molecule has 0 saturated carbocycles. The van der Waals surface area contributed by atoms with Crippen LogP contribution in [0.2, 0.25) is 0 Å². The van der Waals surface area contributed by atoms with Gasteiger partial charge in [-0.3, -0.25) is 0 Å². The zero-order valence-electron chi connectivity index (χ0n) is 11.3. The van der Waals surface area contributed by atoms with Crippen LogP contribution in [0, 0.1) is 0 Å². The van der Waals surface area contributed by atoms with Crippen LogP contribution in [0.25, 0.3) is 0 Å². The third kappa shape index (κ3) is 5.25. The Bertz CT molecular complexity index is 317. The number of aryl methyl sites for hydroxylation is 2. The summed E-state index contributed by atoms with van der Waals surface area (Å²) in [7, 11) is 0. The van der Waals surface area contributed by atoms with Crippen LogP contribution in [-0.2, 0) is 12.8 Å². The van der Waals surface area contributed by atoms with E-state index in [0.29, 0.717) is 5.75 Å². The Labute approximate surface area is 106 Å². The van der Waals surface area contributed by atoms with E-state index in [2.05, 4.69) is 26.0 Å². The Morgan fingerprint density at radius 2 is 1.65 bits per heavy atom. The second kappa shape index (κ2) is 8.16.